The van der Waals surface area contributed by atoms with Crippen molar-refractivity contribution >= 4 is 44.4 Å². The van der Waals surface area contributed by atoms with Gasteiger partial charge < -0.3 is 9.47 Å². The molecule has 1 fully saturated rings. The molecule has 0 spiro atoms. The van der Waals surface area contributed by atoms with Crippen molar-refractivity contribution in [2.45, 2.75) is 30.8 Å². The second-order valence-electron chi connectivity index (χ2n) is 6.94. The topological polar surface area (TPSA) is 51.7 Å². The summed E-state index contributed by atoms with van der Waals surface area (Å²) >= 11 is 2.87. The summed E-state index contributed by atoms with van der Waals surface area (Å²) < 4.78 is 25.5. The Hall–Kier alpha value is -2.16. The Balaban J connectivity index is 1.54. The second kappa shape index (κ2) is 9.76. The second-order valence-corrected chi connectivity index (χ2v) is 9.00. The number of rotatable bonds is 8. The number of nitrogens with zero attached hydrogens (tertiary/aromatic N) is 2. The van der Waals surface area contributed by atoms with Crippen molar-refractivity contribution in [3.63, 3.8) is 0 Å². The molecule has 0 saturated carbocycles. The maximum Gasteiger partial charge on any atom is 0.239 e. The van der Waals surface area contributed by atoms with Gasteiger partial charge in [0.05, 0.1) is 35.2 Å². The number of carbonyl (C=O) groups is 1. The lowest BCUT2D eigenvalue weighted by atomic mass is 10.2. The molecule has 2 heterocycles. The number of benzene rings is 2. The molecule has 4 rings (SSSR count). The molecule has 1 aliphatic rings. The van der Waals surface area contributed by atoms with Crippen LogP contribution in [0, 0.1) is 5.82 Å². The highest BCUT2D eigenvalue weighted by atomic mass is 32.2. The summed E-state index contributed by atoms with van der Waals surface area (Å²) in [5, 5.41) is 0.666. The number of halogens is 1. The Morgan fingerprint density at radius 1 is 1.33 bits per heavy atom. The first-order valence-corrected chi connectivity index (χ1v) is 11.8. The van der Waals surface area contributed by atoms with Gasteiger partial charge in [0.1, 0.15) is 11.6 Å². The molecule has 158 valence electrons. The van der Waals surface area contributed by atoms with E-state index in [-0.39, 0.29) is 23.6 Å². The third-order valence-corrected chi connectivity index (χ3v) is 6.82. The molecule has 1 aromatic heterocycles. The molecule has 5 nitrogen and oxygen atoms in total. The van der Waals surface area contributed by atoms with Crippen molar-refractivity contribution in [1.82, 2.24) is 4.98 Å². The summed E-state index contributed by atoms with van der Waals surface area (Å²) in [6.07, 6.45) is 1.97. The van der Waals surface area contributed by atoms with Crippen molar-refractivity contribution in [1.29, 1.82) is 0 Å². The highest BCUT2D eigenvalue weighted by molar-refractivity contribution is 8.00. The monoisotopic (exact) mass is 446 g/mol. The number of thioether (sulfide) groups is 1. The van der Waals surface area contributed by atoms with Crippen LogP contribution in [0.1, 0.15) is 19.8 Å². The van der Waals surface area contributed by atoms with Gasteiger partial charge in [-0.2, -0.15) is 0 Å². The summed E-state index contributed by atoms with van der Waals surface area (Å²) in [5.41, 5.74) is 0.842. The Labute approximate surface area is 183 Å². The summed E-state index contributed by atoms with van der Waals surface area (Å²) in [4.78, 5) is 20.4. The molecule has 0 N–H and O–H groups in total. The highest BCUT2D eigenvalue weighted by Gasteiger charge is 2.26. The lowest BCUT2D eigenvalue weighted by Gasteiger charge is -2.23. The molecule has 1 saturated heterocycles. The third kappa shape index (κ3) is 5.11. The zero-order valence-corrected chi connectivity index (χ0v) is 18.3. The first kappa shape index (κ1) is 21.1. The van der Waals surface area contributed by atoms with Gasteiger partial charge in [-0.1, -0.05) is 11.3 Å². The fraction of sp³-hybridized carbons (Fsp3) is 0.364. The Kier molecular flexibility index (Phi) is 6.86. The van der Waals surface area contributed by atoms with E-state index in [4.69, 9.17) is 14.5 Å². The summed E-state index contributed by atoms with van der Waals surface area (Å²) in [5.74, 6) is 0.720. The predicted octanol–water partition coefficient (Wildman–Crippen LogP) is 5.14. The van der Waals surface area contributed by atoms with Gasteiger partial charge >= 0.3 is 0 Å². The minimum absolute atomic E-state index is 0.0239. The molecule has 2 aromatic carbocycles. The van der Waals surface area contributed by atoms with Crippen molar-refractivity contribution in [3.05, 3.63) is 48.3 Å². The van der Waals surface area contributed by atoms with Crippen LogP contribution in [0.4, 0.5) is 9.52 Å². The Morgan fingerprint density at radius 2 is 2.17 bits per heavy atom. The Morgan fingerprint density at radius 3 is 2.90 bits per heavy atom. The average molecular weight is 447 g/mol. The third-order valence-electron chi connectivity index (χ3n) is 4.78. The van der Waals surface area contributed by atoms with Crippen molar-refractivity contribution in [2.24, 2.45) is 0 Å². The van der Waals surface area contributed by atoms with E-state index in [0.717, 1.165) is 40.3 Å². The number of hydrogen-bond donors (Lipinski definition) is 0. The van der Waals surface area contributed by atoms with Crippen molar-refractivity contribution in [2.75, 3.05) is 30.4 Å². The molecule has 1 aliphatic heterocycles. The van der Waals surface area contributed by atoms with E-state index < -0.39 is 0 Å². The number of hydrogen-bond acceptors (Lipinski definition) is 6. The minimum Gasteiger partial charge on any atom is -0.494 e. The molecule has 0 aliphatic carbocycles. The van der Waals surface area contributed by atoms with Crippen LogP contribution in [0.3, 0.4) is 0 Å². The van der Waals surface area contributed by atoms with E-state index in [0.29, 0.717) is 18.3 Å². The molecule has 1 unspecified atom stereocenters. The van der Waals surface area contributed by atoms with Crippen LogP contribution in [0.5, 0.6) is 5.75 Å². The summed E-state index contributed by atoms with van der Waals surface area (Å²) in [6, 6.07) is 12.0. The molecule has 0 radical (unpaired) electrons. The number of amides is 1. The zero-order valence-electron chi connectivity index (χ0n) is 16.7. The van der Waals surface area contributed by atoms with E-state index in [1.54, 1.807) is 17.0 Å². The van der Waals surface area contributed by atoms with Crippen LogP contribution >= 0.6 is 23.1 Å². The number of carbonyl (C=O) groups excluding carboxylic acids is 1. The van der Waals surface area contributed by atoms with Gasteiger partial charge in [-0.25, -0.2) is 9.37 Å². The average Bonchev–Trinajstić information content (AvgIpc) is 3.41. The van der Waals surface area contributed by atoms with Gasteiger partial charge in [0, 0.05) is 11.5 Å². The van der Waals surface area contributed by atoms with Crippen molar-refractivity contribution < 1.29 is 18.7 Å². The van der Waals surface area contributed by atoms with E-state index in [1.165, 1.54) is 35.2 Å². The lowest BCUT2D eigenvalue weighted by Crippen LogP contribution is -2.38. The maximum absolute atomic E-state index is 13.1. The van der Waals surface area contributed by atoms with Gasteiger partial charge in [-0.15, -0.1) is 11.8 Å². The van der Waals surface area contributed by atoms with Crippen molar-refractivity contribution in [3.8, 4) is 5.75 Å². The molecular weight excluding hydrogens is 423 g/mol. The molecule has 8 heteroatoms. The largest absolute Gasteiger partial charge is 0.494 e. The molecule has 1 atom stereocenters. The summed E-state index contributed by atoms with van der Waals surface area (Å²) in [6.45, 7) is 3.76. The SMILES string of the molecule is CCOc1ccc2nc(N(CC3CCCO3)C(=O)CSc3ccc(F)cc3)sc2c1. The van der Waals surface area contributed by atoms with Gasteiger partial charge in [-0.3, -0.25) is 9.69 Å². The van der Waals surface area contributed by atoms with Crippen LogP contribution in [0.25, 0.3) is 10.2 Å². The summed E-state index contributed by atoms with van der Waals surface area (Å²) in [7, 11) is 0. The fourth-order valence-electron chi connectivity index (χ4n) is 3.30. The molecule has 1 amide bonds. The van der Waals surface area contributed by atoms with E-state index in [2.05, 4.69) is 0 Å². The Bertz CT molecular complexity index is 1000. The standard InChI is InChI=1S/C22H23FN2O3S2/c1-2-27-16-7-10-19-20(12-16)30-22(24-19)25(13-17-4-3-11-28-17)21(26)14-29-18-8-5-15(23)6-9-18/h5-10,12,17H,2-4,11,13-14H2,1H3. The van der Waals surface area contributed by atoms with Crippen LogP contribution in [-0.2, 0) is 9.53 Å². The van der Waals surface area contributed by atoms with Crippen LogP contribution in [-0.4, -0.2) is 42.5 Å². The first-order chi connectivity index (χ1) is 14.6. The van der Waals surface area contributed by atoms with E-state index in [9.17, 15) is 9.18 Å². The lowest BCUT2D eigenvalue weighted by molar-refractivity contribution is -0.116. The predicted molar refractivity (Wildman–Crippen MR) is 119 cm³/mol. The van der Waals surface area contributed by atoms with Gasteiger partial charge in [-0.05, 0) is 62.2 Å². The maximum atomic E-state index is 13.1. The smallest absolute Gasteiger partial charge is 0.239 e. The van der Waals surface area contributed by atoms with E-state index >= 15 is 0 Å². The number of fused-ring (bicyclic) bond motifs is 1. The van der Waals surface area contributed by atoms with E-state index in [1.807, 2.05) is 25.1 Å². The molecule has 30 heavy (non-hydrogen) atoms. The van der Waals surface area contributed by atoms with Crippen LogP contribution in [0.15, 0.2) is 47.4 Å². The minimum atomic E-state index is -0.286. The zero-order chi connectivity index (χ0) is 20.9. The molecule has 0 bridgehead atoms. The van der Waals surface area contributed by atoms with Crippen LogP contribution < -0.4 is 9.64 Å². The number of ether oxygens (including phenoxy) is 2. The molecular formula is C22H23FN2O3S2. The number of aromatic nitrogens is 1. The van der Waals surface area contributed by atoms with Gasteiger partial charge in [0.2, 0.25) is 5.91 Å². The highest BCUT2D eigenvalue weighted by Crippen LogP contribution is 2.33. The first-order valence-electron chi connectivity index (χ1n) is 9.96. The number of anilines is 1. The van der Waals surface area contributed by atoms with Gasteiger partial charge in [0.25, 0.3) is 0 Å². The van der Waals surface area contributed by atoms with Crippen LogP contribution in [0.2, 0.25) is 0 Å². The number of thiazole rings is 1. The molecule has 3 aromatic rings. The van der Waals surface area contributed by atoms with Gasteiger partial charge in [0.15, 0.2) is 5.13 Å². The quantitative estimate of drug-likeness (QED) is 0.449. The normalized spacial score (nSPS) is 16.1. The fourth-order valence-corrected chi connectivity index (χ4v) is 5.09.